The summed E-state index contributed by atoms with van der Waals surface area (Å²) in [5, 5.41) is 1.56. The van der Waals surface area contributed by atoms with E-state index in [0.717, 1.165) is 0 Å². The molecule has 0 radical (unpaired) electrons. The Kier molecular flexibility index (Phi) is 4.71. The van der Waals surface area contributed by atoms with Gasteiger partial charge in [-0.25, -0.2) is 4.39 Å². The fourth-order valence-corrected chi connectivity index (χ4v) is 4.01. The van der Waals surface area contributed by atoms with Gasteiger partial charge in [0.2, 0.25) is 0 Å². The minimum absolute atomic E-state index is 0.222. The first-order chi connectivity index (χ1) is 13.5. The molecule has 1 aliphatic rings. The molecule has 3 aromatic rings. The molecule has 1 aliphatic carbocycles. The highest BCUT2D eigenvalue weighted by Crippen LogP contribution is 2.42. The quantitative estimate of drug-likeness (QED) is 0.433. The van der Waals surface area contributed by atoms with Crippen LogP contribution in [0.4, 0.5) is 4.39 Å². The van der Waals surface area contributed by atoms with Gasteiger partial charge in [-0.2, -0.15) is 0 Å². The number of carbonyl (C=O) groups excluding carboxylic acids is 1. The number of ketones is 1. The molecule has 1 aromatic heterocycles. The zero-order chi connectivity index (χ0) is 20.0. The zero-order valence-electron chi connectivity index (χ0n) is 15.3. The molecule has 7 heteroatoms. The van der Waals surface area contributed by atoms with Crippen molar-refractivity contribution in [1.29, 1.82) is 0 Å². The average Bonchev–Trinajstić information content (AvgIpc) is 2.99. The Morgan fingerprint density at radius 2 is 1.68 bits per heavy atom. The van der Waals surface area contributed by atoms with Gasteiger partial charge in [-0.15, -0.1) is 0 Å². The van der Waals surface area contributed by atoms with Crippen LogP contribution in [0.25, 0.3) is 22.0 Å². The summed E-state index contributed by atoms with van der Waals surface area (Å²) in [5.41, 5.74) is 1.55. The van der Waals surface area contributed by atoms with Gasteiger partial charge < -0.3 is 14.0 Å². The van der Waals surface area contributed by atoms with Crippen molar-refractivity contribution >= 4 is 32.5 Å². The lowest BCUT2D eigenvalue weighted by atomic mass is 10.0. The fraction of sp³-hybridized carbons (Fsp3) is 0.238. The van der Waals surface area contributed by atoms with Gasteiger partial charge in [0, 0.05) is 28.4 Å². The van der Waals surface area contributed by atoms with Crippen LogP contribution in [0.3, 0.4) is 0 Å². The number of hydrogen-bond donors (Lipinski definition) is 0. The maximum Gasteiger partial charge on any atom is 0.259 e. The Bertz CT molecular complexity index is 1190. The molecule has 144 valence electrons. The molecule has 0 bridgehead atoms. The normalized spacial score (nSPS) is 12.2. The van der Waals surface area contributed by atoms with Crippen molar-refractivity contribution in [2.75, 3.05) is 19.5 Å². The number of pyridine rings is 1. The minimum Gasteiger partial charge on any atom is -0.493 e. The third-order valence-corrected chi connectivity index (χ3v) is 5.56. The van der Waals surface area contributed by atoms with Gasteiger partial charge in [-0.1, -0.05) is 15.9 Å². The van der Waals surface area contributed by atoms with Crippen LogP contribution in [0.5, 0.6) is 11.5 Å². The Morgan fingerprint density at radius 3 is 2.32 bits per heavy atom. The van der Waals surface area contributed by atoms with E-state index in [1.165, 1.54) is 26.4 Å². The molecule has 0 amide bonds. The summed E-state index contributed by atoms with van der Waals surface area (Å²) < 4.78 is 26.1. The summed E-state index contributed by atoms with van der Waals surface area (Å²) in [6.45, 7) is 0.431. The van der Waals surface area contributed by atoms with Gasteiger partial charge in [0.1, 0.15) is 5.82 Å². The Labute approximate surface area is 168 Å². The van der Waals surface area contributed by atoms with Crippen molar-refractivity contribution in [3.63, 3.8) is 0 Å². The van der Waals surface area contributed by atoms with Crippen LogP contribution in [-0.2, 0) is 6.54 Å². The first-order valence-electron chi connectivity index (χ1n) is 8.75. The highest BCUT2D eigenvalue weighted by molar-refractivity contribution is 9.09. The van der Waals surface area contributed by atoms with E-state index in [1.54, 1.807) is 22.8 Å². The molecule has 0 saturated carbocycles. The number of halogens is 2. The summed E-state index contributed by atoms with van der Waals surface area (Å²) in [5.74, 6) is 0.0463. The summed E-state index contributed by atoms with van der Waals surface area (Å²) in [6, 6.07) is 7.33. The summed E-state index contributed by atoms with van der Waals surface area (Å²) >= 11 is 3.39. The van der Waals surface area contributed by atoms with Crippen LogP contribution in [-0.4, -0.2) is 29.9 Å². The second-order valence-corrected chi connectivity index (χ2v) is 7.29. The lowest BCUT2D eigenvalue weighted by Gasteiger charge is -2.16. The number of aromatic nitrogens is 1. The molecule has 2 aromatic carbocycles. The number of nitrogens with zero attached hydrogens (tertiary/aromatic N) is 1. The minimum atomic E-state index is -0.488. The Morgan fingerprint density at radius 1 is 1.00 bits per heavy atom. The van der Waals surface area contributed by atoms with E-state index < -0.39 is 5.82 Å². The number of fused-ring (bicyclic) bond motifs is 5. The van der Waals surface area contributed by atoms with Crippen molar-refractivity contribution in [2.45, 2.75) is 13.0 Å². The molecule has 0 spiro atoms. The number of rotatable bonds is 5. The van der Waals surface area contributed by atoms with Crippen LogP contribution in [0.15, 0.2) is 35.1 Å². The summed E-state index contributed by atoms with van der Waals surface area (Å²) in [6.07, 6.45) is 0.704. The third kappa shape index (κ3) is 2.64. The smallest absolute Gasteiger partial charge is 0.259 e. The van der Waals surface area contributed by atoms with Gasteiger partial charge in [0.25, 0.3) is 5.56 Å². The second kappa shape index (κ2) is 7.05. The van der Waals surface area contributed by atoms with Crippen molar-refractivity contribution in [1.82, 2.24) is 4.57 Å². The van der Waals surface area contributed by atoms with E-state index in [1.807, 2.05) is 0 Å². The predicted molar refractivity (Wildman–Crippen MR) is 109 cm³/mol. The number of hydrogen-bond acceptors (Lipinski definition) is 4. The molecule has 5 nitrogen and oxygen atoms in total. The van der Waals surface area contributed by atoms with Gasteiger partial charge >= 0.3 is 0 Å². The van der Waals surface area contributed by atoms with Gasteiger partial charge in [0.05, 0.1) is 30.9 Å². The van der Waals surface area contributed by atoms with Crippen LogP contribution in [0.1, 0.15) is 22.3 Å². The fourth-order valence-electron chi connectivity index (χ4n) is 3.76. The molecular weight excluding hydrogens is 429 g/mol. The molecule has 0 atom stereocenters. The molecule has 0 saturated heterocycles. The SMILES string of the molecule is COc1cc2c3c(n(CCCBr)c(=O)c2cc1OC)-c1ccc(F)cc1C3=O. The maximum atomic E-state index is 13.8. The number of ether oxygens (including phenoxy) is 2. The first-order valence-corrected chi connectivity index (χ1v) is 9.87. The summed E-state index contributed by atoms with van der Waals surface area (Å²) in [7, 11) is 2.98. The molecule has 4 rings (SSSR count). The topological polar surface area (TPSA) is 57.5 Å². The van der Waals surface area contributed by atoms with Crippen LogP contribution in [0, 0.1) is 5.82 Å². The average molecular weight is 446 g/mol. The van der Waals surface area contributed by atoms with Crippen LogP contribution < -0.4 is 15.0 Å². The first kappa shape index (κ1) is 18.7. The van der Waals surface area contributed by atoms with E-state index in [-0.39, 0.29) is 16.9 Å². The zero-order valence-corrected chi connectivity index (χ0v) is 16.9. The largest absolute Gasteiger partial charge is 0.493 e. The summed E-state index contributed by atoms with van der Waals surface area (Å²) in [4.78, 5) is 26.5. The molecule has 0 unspecified atom stereocenters. The van der Waals surface area contributed by atoms with E-state index in [2.05, 4.69) is 15.9 Å². The molecule has 0 N–H and O–H groups in total. The van der Waals surface area contributed by atoms with Crippen molar-refractivity contribution in [3.8, 4) is 22.8 Å². The lowest BCUT2D eigenvalue weighted by Crippen LogP contribution is -2.23. The molecule has 28 heavy (non-hydrogen) atoms. The standard InChI is InChI=1S/C21H17BrFNO4/c1-27-16-9-13-15(10-17(16)28-2)21(26)24(7-3-6-22)19-12-5-4-11(23)8-14(12)20(25)18(13)19/h4-5,8-10H,3,6-7H2,1-2H3. The monoisotopic (exact) mass is 445 g/mol. The van der Waals surface area contributed by atoms with E-state index in [4.69, 9.17) is 9.47 Å². The number of benzene rings is 2. The van der Waals surface area contributed by atoms with Gasteiger partial charge in [0.15, 0.2) is 17.3 Å². The number of alkyl halides is 1. The highest BCUT2D eigenvalue weighted by atomic mass is 79.9. The highest BCUT2D eigenvalue weighted by Gasteiger charge is 2.33. The molecule has 0 fully saturated rings. The Hall–Kier alpha value is -2.67. The van der Waals surface area contributed by atoms with Crippen molar-refractivity contribution in [2.24, 2.45) is 0 Å². The van der Waals surface area contributed by atoms with Crippen LogP contribution >= 0.6 is 15.9 Å². The van der Waals surface area contributed by atoms with Gasteiger partial charge in [-0.05, 0) is 36.8 Å². The van der Waals surface area contributed by atoms with E-state index in [9.17, 15) is 14.0 Å². The van der Waals surface area contributed by atoms with Gasteiger partial charge in [-0.3, -0.25) is 9.59 Å². The molecule has 0 aliphatic heterocycles. The Balaban J connectivity index is 2.15. The van der Waals surface area contributed by atoms with Crippen LogP contribution in [0.2, 0.25) is 0 Å². The maximum absolute atomic E-state index is 13.8. The van der Waals surface area contributed by atoms with E-state index in [0.29, 0.717) is 57.4 Å². The molecule has 1 heterocycles. The lowest BCUT2D eigenvalue weighted by molar-refractivity contribution is 0.104. The van der Waals surface area contributed by atoms with Crippen molar-refractivity contribution < 1.29 is 18.7 Å². The third-order valence-electron chi connectivity index (χ3n) is 5.00. The van der Waals surface area contributed by atoms with Crippen molar-refractivity contribution in [3.05, 3.63) is 57.6 Å². The number of methoxy groups -OCH3 is 2. The second-order valence-electron chi connectivity index (χ2n) is 6.49. The molecular formula is C21H17BrFNO4. The van der Waals surface area contributed by atoms with E-state index >= 15 is 0 Å². The number of carbonyl (C=O) groups is 1. The predicted octanol–water partition coefficient (Wildman–Crippen LogP) is 4.15.